The SMILES string of the molecule is COc1ccc(C)cc1N1CC(C(=O)N(C)Cc2ccccc2Cl)CC1=O. The van der Waals surface area contributed by atoms with Crippen LogP contribution in [0.15, 0.2) is 42.5 Å². The molecule has 5 nitrogen and oxygen atoms in total. The fraction of sp³-hybridized carbons (Fsp3) is 0.333. The number of hydrogen-bond donors (Lipinski definition) is 0. The quantitative estimate of drug-likeness (QED) is 0.787. The molecule has 0 radical (unpaired) electrons. The van der Waals surface area contributed by atoms with Gasteiger partial charge in [-0.2, -0.15) is 0 Å². The summed E-state index contributed by atoms with van der Waals surface area (Å²) >= 11 is 6.19. The van der Waals surface area contributed by atoms with Crippen LogP contribution in [0.5, 0.6) is 5.75 Å². The van der Waals surface area contributed by atoms with Crippen LogP contribution >= 0.6 is 11.6 Å². The van der Waals surface area contributed by atoms with Gasteiger partial charge in [-0.1, -0.05) is 35.9 Å². The number of ether oxygens (including phenoxy) is 1. The Morgan fingerprint density at radius 3 is 2.74 bits per heavy atom. The predicted molar refractivity (Wildman–Crippen MR) is 106 cm³/mol. The first-order valence-corrected chi connectivity index (χ1v) is 9.22. The van der Waals surface area contributed by atoms with Crippen molar-refractivity contribution in [3.05, 3.63) is 58.6 Å². The maximum absolute atomic E-state index is 12.9. The van der Waals surface area contributed by atoms with Gasteiger partial charge in [0.2, 0.25) is 11.8 Å². The number of halogens is 1. The summed E-state index contributed by atoms with van der Waals surface area (Å²) < 4.78 is 5.39. The molecule has 142 valence electrons. The van der Waals surface area contributed by atoms with Gasteiger partial charge in [-0.25, -0.2) is 0 Å². The van der Waals surface area contributed by atoms with Gasteiger partial charge >= 0.3 is 0 Å². The second kappa shape index (κ2) is 8.01. The molecule has 1 heterocycles. The fourth-order valence-electron chi connectivity index (χ4n) is 3.39. The van der Waals surface area contributed by atoms with E-state index in [1.807, 2.05) is 43.3 Å². The zero-order valence-corrected chi connectivity index (χ0v) is 16.5. The molecule has 0 saturated carbocycles. The van der Waals surface area contributed by atoms with Gasteiger partial charge in [0.05, 0.1) is 18.7 Å². The van der Waals surface area contributed by atoms with Gasteiger partial charge in [0.15, 0.2) is 0 Å². The lowest BCUT2D eigenvalue weighted by Gasteiger charge is -2.23. The number of benzene rings is 2. The van der Waals surface area contributed by atoms with E-state index in [4.69, 9.17) is 16.3 Å². The number of aryl methyl sites for hydroxylation is 1. The van der Waals surface area contributed by atoms with Crippen LogP contribution in [0.25, 0.3) is 0 Å². The van der Waals surface area contributed by atoms with Crippen molar-refractivity contribution in [1.29, 1.82) is 0 Å². The first-order chi connectivity index (χ1) is 12.9. The second-order valence-electron chi connectivity index (χ2n) is 6.87. The fourth-order valence-corrected chi connectivity index (χ4v) is 3.58. The Kier molecular flexibility index (Phi) is 5.71. The van der Waals surface area contributed by atoms with E-state index in [9.17, 15) is 9.59 Å². The van der Waals surface area contributed by atoms with Gasteiger partial charge in [0.25, 0.3) is 0 Å². The number of carbonyl (C=O) groups excluding carboxylic acids is 2. The van der Waals surface area contributed by atoms with Gasteiger partial charge in [-0.15, -0.1) is 0 Å². The highest BCUT2D eigenvalue weighted by Crippen LogP contribution is 2.34. The summed E-state index contributed by atoms with van der Waals surface area (Å²) in [4.78, 5) is 28.7. The minimum absolute atomic E-state index is 0.0580. The van der Waals surface area contributed by atoms with E-state index < -0.39 is 0 Å². The van der Waals surface area contributed by atoms with Crippen molar-refractivity contribution in [2.45, 2.75) is 19.9 Å². The zero-order chi connectivity index (χ0) is 19.6. The molecule has 1 saturated heterocycles. The van der Waals surface area contributed by atoms with Crippen molar-refractivity contribution in [3.8, 4) is 5.75 Å². The molecule has 1 atom stereocenters. The third kappa shape index (κ3) is 4.08. The van der Waals surface area contributed by atoms with Crippen molar-refractivity contribution in [1.82, 2.24) is 4.90 Å². The van der Waals surface area contributed by atoms with E-state index in [2.05, 4.69) is 0 Å². The number of rotatable bonds is 5. The Balaban J connectivity index is 1.74. The van der Waals surface area contributed by atoms with Gasteiger partial charge in [-0.05, 0) is 36.2 Å². The molecule has 3 rings (SSSR count). The summed E-state index contributed by atoms with van der Waals surface area (Å²) in [5.74, 6) is 0.127. The summed E-state index contributed by atoms with van der Waals surface area (Å²) in [5, 5.41) is 0.630. The molecule has 0 N–H and O–H groups in total. The molecule has 0 aromatic heterocycles. The molecule has 2 amide bonds. The molecule has 2 aromatic rings. The zero-order valence-electron chi connectivity index (χ0n) is 15.7. The molecular weight excluding hydrogens is 364 g/mol. The van der Waals surface area contributed by atoms with E-state index in [1.165, 1.54) is 0 Å². The number of amides is 2. The molecule has 2 aromatic carbocycles. The Morgan fingerprint density at radius 1 is 1.30 bits per heavy atom. The van der Waals surface area contributed by atoms with Crippen LogP contribution in [-0.2, 0) is 16.1 Å². The number of anilines is 1. The van der Waals surface area contributed by atoms with Crippen LogP contribution in [0.2, 0.25) is 5.02 Å². The Hall–Kier alpha value is -2.53. The minimum atomic E-state index is -0.379. The van der Waals surface area contributed by atoms with Gasteiger partial charge < -0.3 is 14.5 Å². The van der Waals surface area contributed by atoms with Crippen LogP contribution in [0.3, 0.4) is 0 Å². The van der Waals surface area contributed by atoms with Gasteiger partial charge in [0, 0.05) is 31.6 Å². The van der Waals surface area contributed by atoms with Crippen molar-refractivity contribution in [2.75, 3.05) is 25.6 Å². The third-order valence-electron chi connectivity index (χ3n) is 4.84. The standard InChI is InChI=1S/C21H23ClN2O3/c1-14-8-9-19(27-3)18(10-14)24-13-16(11-20(24)25)21(26)23(2)12-15-6-4-5-7-17(15)22/h4-10,16H,11-13H2,1-3H3. The molecule has 1 fully saturated rings. The molecule has 27 heavy (non-hydrogen) atoms. The summed E-state index contributed by atoms with van der Waals surface area (Å²) in [6.07, 6.45) is 0.197. The predicted octanol–water partition coefficient (Wildman–Crippen LogP) is 3.67. The Morgan fingerprint density at radius 2 is 2.04 bits per heavy atom. The number of methoxy groups -OCH3 is 1. The van der Waals surface area contributed by atoms with E-state index in [1.54, 1.807) is 30.0 Å². The molecular formula is C21H23ClN2O3. The normalized spacial score (nSPS) is 16.5. The Labute approximate surface area is 164 Å². The lowest BCUT2D eigenvalue weighted by molar-refractivity contribution is -0.135. The van der Waals surface area contributed by atoms with Crippen molar-refractivity contribution in [2.24, 2.45) is 5.92 Å². The summed E-state index contributed by atoms with van der Waals surface area (Å²) in [6, 6.07) is 13.1. The highest BCUT2D eigenvalue weighted by atomic mass is 35.5. The van der Waals surface area contributed by atoms with Crippen molar-refractivity contribution < 1.29 is 14.3 Å². The van der Waals surface area contributed by atoms with E-state index in [0.717, 1.165) is 11.1 Å². The van der Waals surface area contributed by atoms with E-state index >= 15 is 0 Å². The molecule has 0 aliphatic carbocycles. The highest BCUT2D eigenvalue weighted by Gasteiger charge is 2.37. The highest BCUT2D eigenvalue weighted by molar-refractivity contribution is 6.31. The lowest BCUT2D eigenvalue weighted by Crippen LogP contribution is -2.34. The Bertz CT molecular complexity index is 868. The largest absolute Gasteiger partial charge is 0.495 e. The first kappa shape index (κ1) is 19.2. The van der Waals surface area contributed by atoms with E-state index in [-0.39, 0.29) is 24.2 Å². The van der Waals surface area contributed by atoms with E-state index in [0.29, 0.717) is 29.5 Å². The first-order valence-electron chi connectivity index (χ1n) is 8.84. The topological polar surface area (TPSA) is 49.9 Å². The second-order valence-corrected chi connectivity index (χ2v) is 7.27. The van der Waals surface area contributed by atoms with Gasteiger partial charge in [-0.3, -0.25) is 9.59 Å². The van der Waals surface area contributed by atoms with Crippen molar-refractivity contribution >= 4 is 29.1 Å². The monoisotopic (exact) mass is 386 g/mol. The van der Waals surface area contributed by atoms with Crippen LogP contribution in [0, 0.1) is 12.8 Å². The smallest absolute Gasteiger partial charge is 0.228 e. The summed E-state index contributed by atoms with van der Waals surface area (Å²) in [6.45, 7) is 2.73. The minimum Gasteiger partial charge on any atom is -0.495 e. The summed E-state index contributed by atoms with van der Waals surface area (Å²) in [7, 11) is 3.32. The lowest BCUT2D eigenvalue weighted by atomic mass is 10.1. The van der Waals surface area contributed by atoms with Crippen LogP contribution < -0.4 is 9.64 Å². The van der Waals surface area contributed by atoms with Crippen LogP contribution in [0.1, 0.15) is 17.5 Å². The average molecular weight is 387 g/mol. The average Bonchev–Trinajstić information content (AvgIpc) is 3.04. The van der Waals surface area contributed by atoms with Crippen LogP contribution in [0.4, 0.5) is 5.69 Å². The van der Waals surface area contributed by atoms with Gasteiger partial charge in [0.1, 0.15) is 5.75 Å². The number of hydrogen-bond acceptors (Lipinski definition) is 3. The summed E-state index contributed by atoms with van der Waals surface area (Å²) in [5.41, 5.74) is 2.63. The third-order valence-corrected chi connectivity index (χ3v) is 5.21. The molecule has 1 aliphatic rings. The molecule has 0 bridgehead atoms. The maximum Gasteiger partial charge on any atom is 0.228 e. The molecule has 1 aliphatic heterocycles. The van der Waals surface area contributed by atoms with Crippen molar-refractivity contribution in [3.63, 3.8) is 0 Å². The number of nitrogens with zero attached hydrogens (tertiary/aromatic N) is 2. The number of carbonyl (C=O) groups is 2. The molecule has 6 heteroatoms. The van der Waals surface area contributed by atoms with Crippen LogP contribution in [-0.4, -0.2) is 37.4 Å². The molecule has 0 spiro atoms. The molecule has 1 unspecified atom stereocenters. The maximum atomic E-state index is 12.9.